The van der Waals surface area contributed by atoms with E-state index in [1.54, 1.807) is 10.9 Å². The summed E-state index contributed by atoms with van der Waals surface area (Å²) in [5.41, 5.74) is 1.03. The standard InChI is InChI=1S/C8H15N3O/c1-3-9-8(6-12)7-4-10-11(2)5-7/h4-5,8-9,12H,3,6H2,1-2H3. The molecule has 0 radical (unpaired) electrons. The molecule has 0 saturated carbocycles. The van der Waals surface area contributed by atoms with Crippen LogP contribution in [0.2, 0.25) is 0 Å². The molecule has 1 rings (SSSR count). The first-order valence-electron chi connectivity index (χ1n) is 4.10. The van der Waals surface area contributed by atoms with Crippen molar-refractivity contribution in [1.82, 2.24) is 15.1 Å². The summed E-state index contributed by atoms with van der Waals surface area (Å²) < 4.78 is 1.73. The lowest BCUT2D eigenvalue weighted by atomic mass is 10.2. The number of hydrogen-bond acceptors (Lipinski definition) is 3. The van der Waals surface area contributed by atoms with E-state index in [4.69, 9.17) is 5.11 Å². The number of nitrogens with zero attached hydrogens (tertiary/aromatic N) is 2. The number of aliphatic hydroxyl groups excluding tert-OH is 1. The van der Waals surface area contributed by atoms with Crippen LogP contribution in [0.15, 0.2) is 12.4 Å². The zero-order chi connectivity index (χ0) is 8.97. The van der Waals surface area contributed by atoms with E-state index in [0.29, 0.717) is 0 Å². The number of aliphatic hydroxyl groups is 1. The van der Waals surface area contributed by atoms with Gasteiger partial charge in [-0.15, -0.1) is 0 Å². The van der Waals surface area contributed by atoms with Crippen LogP contribution in [0.5, 0.6) is 0 Å². The molecule has 1 unspecified atom stereocenters. The third-order valence-electron chi connectivity index (χ3n) is 1.76. The van der Waals surface area contributed by atoms with Gasteiger partial charge >= 0.3 is 0 Å². The van der Waals surface area contributed by atoms with E-state index in [2.05, 4.69) is 10.4 Å². The Balaban J connectivity index is 2.66. The molecule has 1 aromatic heterocycles. The van der Waals surface area contributed by atoms with Crippen LogP contribution in [-0.2, 0) is 7.05 Å². The zero-order valence-corrected chi connectivity index (χ0v) is 7.49. The minimum absolute atomic E-state index is 0.0173. The van der Waals surface area contributed by atoms with E-state index in [0.717, 1.165) is 12.1 Å². The van der Waals surface area contributed by atoms with Crippen LogP contribution >= 0.6 is 0 Å². The van der Waals surface area contributed by atoms with E-state index in [1.807, 2.05) is 20.2 Å². The maximum absolute atomic E-state index is 9.02. The van der Waals surface area contributed by atoms with Crippen molar-refractivity contribution in [3.63, 3.8) is 0 Å². The van der Waals surface area contributed by atoms with Gasteiger partial charge in [-0.3, -0.25) is 4.68 Å². The van der Waals surface area contributed by atoms with E-state index in [1.165, 1.54) is 0 Å². The van der Waals surface area contributed by atoms with Gasteiger partial charge in [0.2, 0.25) is 0 Å². The molecule has 12 heavy (non-hydrogen) atoms. The summed E-state index contributed by atoms with van der Waals surface area (Å²) in [6.45, 7) is 2.97. The van der Waals surface area contributed by atoms with Crippen LogP contribution in [0.1, 0.15) is 18.5 Å². The van der Waals surface area contributed by atoms with E-state index >= 15 is 0 Å². The van der Waals surface area contributed by atoms with Crippen LogP contribution in [0, 0.1) is 0 Å². The lowest BCUT2D eigenvalue weighted by Gasteiger charge is -2.11. The molecule has 0 aliphatic rings. The average molecular weight is 169 g/mol. The maximum atomic E-state index is 9.02. The number of rotatable bonds is 4. The Hall–Kier alpha value is -0.870. The van der Waals surface area contributed by atoms with Crippen molar-refractivity contribution >= 4 is 0 Å². The molecule has 0 saturated heterocycles. The predicted molar refractivity (Wildman–Crippen MR) is 46.7 cm³/mol. The third-order valence-corrected chi connectivity index (χ3v) is 1.76. The minimum atomic E-state index is 0.0173. The Labute approximate surface area is 72.2 Å². The predicted octanol–water partition coefficient (Wildman–Crippen LogP) is 0.0630. The van der Waals surface area contributed by atoms with Gasteiger partial charge in [0.25, 0.3) is 0 Å². The lowest BCUT2D eigenvalue weighted by Crippen LogP contribution is -2.23. The number of aromatic nitrogens is 2. The minimum Gasteiger partial charge on any atom is -0.394 e. The Morgan fingerprint density at radius 3 is 2.92 bits per heavy atom. The fourth-order valence-corrected chi connectivity index (χ4v) is 1.15. The molecule has 2 N–H and O–H groups in total. The SMILES string of the molecule is CCNC(CO)c1cnn(C)c1. The highest BCUT2D eigenvalue weighted by atomic mass is 16.3. The summed E-state index contributed by atoms with van der Waals surface area (Å²) in [5.74, 6) is 0. The Bertz CT molecular complexity index is 234. The van der Waals surface area contributed by atoms with Gasteiger partial charge in [-0.2, -0.15) is 5.10 Å². The van der Waals surface area contributed by atoms with Gasteiger partial charge in [-0.05, 0) is 6.54 Å². The van der Waals surface area contributed by atoms with Crippen molar-refractivity contribution in [2.24, 2.45) is 7.05 Å². The number of aryl methyl sites for hydroxylation is 1. The van der Waals surface area contributed by atoms with Crippen molar-refractivity contribution in [3.05, 3.63) is 18.0 Å². The van der Waals surface area contributed by atoms with Crippen LogP contribution in [0.25, 0.3) is 0 Å². The normalized spacial score (nSPS) is 13.2. The molecule has 1 aromatic rings. The summed E-state index contributed by atoms with van der Waals surface area (Å²) in [6.07, 6.45) is 3.67. The summed E-state index contributed by atoms with van der Waals surface area (Å²) in [6, 6.07) is 0.0173. The second-order valence-electron chi connectivity index (χ2n) is 2.74. The molecule has 0 amide bonds. The fraction of sp³-hybridized carbons (Fsp3) is 0.625. The molecule has 0 aliphatic heterocycles. The maximum Gasteiger partial charge on any atom is 0.0627 e. The topological polar surface area (TPSA) is 50.1 Å². The van der Waals surface area contributed by atoms with Crippen molar-refractivity contribution in [2.45, 2.75) is 13.0 Å². The highest BCUT2D eigenvalue weighted by molar-refractivity contribution is 5.09. The monoisotopic (exact) mass is 169 g/mol. The second kappa shape index (κ2) is 4.23. The molecule has 4 nitrogen and oxygen atoms in total. The van der Waals surface area contributed by atoms with Crippen LogP contribution in [0.4, 0.5) is 0 Å². The molecule has 68 valence electrons. The highest BCUT2D eigenvalue weighted by Crippen LogP contribution is 2.09. The summed E-state index contributed by atoms with van der Waals surface area (Å²) in [5, 5.41) is 16.2. The summed E-state index contributed by atoms with van der Waals surface area (Å²) >= 11 is 0. The fourth-order valence-electron chi connectivity index (χ4n) is 1.15. The zero-order valence-electron chi connectivity index (χ0n) is 7.49. The molecular formula is C8H15N3O. The quantitative estimate of drug-likeness (QED) is 0.670. The molecule has 0 aromatic carbocycles. The first-order chi connectivity index (χ1) is 5.77. The van der Waals surface area contributed by atoms with E-state index in [9.17, 15) is 0 Å². The molecule has 0 aliphatic carbocycles. The summed E-state index contributed by atoms with van der Waals surface area (Å²) in [7, 11) is 1.86. The first kappa shape index (κ1) is 9.22. The van der Waals surface area contributed by atoms with Crippen LogP contribution in [0.3, 0.4) is 0 Å². The molecule has 0 spiro atoms. The Kier molecular flexibility index (Phi) is 3.25. The van der Waals surface area contributed by atoms with Gasteiger partial charge in [-0.1, -0.05) is 6.92 Å². The van der Waals surface area contributed by atoms with Gasteiger partial charge in [0.05, 0.1) is 18.8 Å². The van der Waals surface area contributed by atoms with Gasteiger partial charge < -0.3 is 10.4 Å². The molecule has 0 bridgehead atoms. The summed E-state index contributed by atoms with van der Waals surface area (Å²) in [4.78, 5) is 0. The van der Waals surface area contributed by atoms with Crippen molar-refractivity contribution < 1.29 is 5.11 Å². The van der Waals surface area contributed by atoms with Crippen molar-refractivity contribution in [1.29, 1.82) is 0 Å². The average Bonchev–Trinajstić information content (AvgIpc) is 2.47. The van der Waals surface area contributed by atoms with Gasteiger partial charge in [-0.25, -0.2) is 0 Å². The largest absolute Gasteiger partial charge is 0.394 e. The molecule has 1 heterocycles. The number of nitrogens with one attached hydrogen (secondary N) is 1. The van der Waals surface area contributed by atoms with Gasteiger partial charge in [0.1, 0.15) is 0 Å². The number of hydrogen-bond donors (Lipinski definition) is 2. The van der Waals surface area contributed by atoms with Gasteiger partial charge in [0, 0.05) is 18.8 Å². The second-order valence-corrected chi connectivity index (χ2v) is 2.74. The van der Waals surface area contributed by atoms with Crippen LogP contribution in [-0.4, -0.2) is 28.0 Å². The molecule has 1 atom stereocenters. The first-order valence-corrected chi connectivity index (χ1v) is 4.10. The molecule has 4 heteroatoms. The van der Waals surface area contributed by atoms with Crippen LogP contribution < -0.4 is 5.32 Å². The van der Waals surface area contributed by atoms with E-state index < -0.39 is 0 Å². The third kappa shape index (κ3) is 2.06. The van der Waals surface area contributed by atoms with Crippen molar-refractivity contribution in [2.75, 3.05) is 13.2 Å². The smallest absolute Gasteiger partial charge is 0.0627 e. The van der Waals surface area contributed by atoms with Gasteiger partial charge in [0.15, 0.2) is 0 Å². The Morgan fingerprint density at radius 1 is 1.75 bits per heavy atom. The Morgan fingerprint density at radius 2 is 2.50 bits per heavy atom. The molecule has 0 fully saturated rings. The highest BCUT2D eigenvalue weighted by Gasteiger charge is 2.09. The van der Waals surface area contributed by atoms with Crippen molar-refractivity contribution in [3.8, 4) is 0 Å². The van der Waals surface area contributed by atoms with E-state index in [-0.39, 0.29) is 12.6 Å². The molecular weight excluding hydrogens is 154 g/mol. The lowest BCUT2D eigenvalue weighted by molar-refractivity contribution is 0.246. The number of likely N-dealkylation sites (N-methyl/N-ethyl adjacent to an activating group) is 1.